The van der Waals surface area contributed by atoms with Gasteiger partial charge in [0.25, 0.3) is 0 Å². The first-order chi connectivity index (χ1) is 13.3. The third kappa shape index (κ3) is 3.83. The molecular weight excluding hydrogens is 442 g/mol. The lowest BCUT2D eigenvalue weighted by Gasteiger charge is -2.03. The second-order valence-electron chi connectivity index (χ2n) is 5.54. The number of alkyl halides is 2. The zero-order chi connectivity index (χ0) is 20.4. The van der Waals surface area contributed by atoms with Gasteiger partial charge in [-0.15, -0.1) is 0 Å². The smallest absolute Gasteiger partial charge is 0.335 e. The number of aromatic amines is 1. The lowest BCUT2D eigenvalue weighted by Crippen LogP contribution is -2.01. The first-order valence-corrected chi connectivity index (χ1v) is 8.42. The van der Waals surface area contributed by atoms with Gasteiger partial charge in [0.1, 0.15) is 0 Å². The van der Waals surface area contributed by atoms with Crippen LogP contribution in [-0.2, 0) is 0 Å². The minimum absolute atomic E-state index is 0.0678. The van der Waals surface area contributed by atoms with Gasteiger partial charge in [-0.3, -0.25) is 5.10 Å². The molecule has 2 aromatic carbocycles. The number of carbonyl (C=O) groups is 2. The summed E-state index contributed by atoms with van der Waals surface area (Å²) in [6.45, 7) is -2.80. The van der Waals surface area contributed by atoms with Crippen LogP contribution in [0.3, 0.4) is 0 Å². The number of nitrogens with one attached hydrogen (secondary N) is 1. The monoisotopic (exact) mass is 452 g/mol. The minimum Gasteiger partial charge on any atom is -0.478 e. The van der Waals surface area contributed by atoms with Crippen LogP contribution in [0.4, 0.5) is 8.78 Å². The summed E-state index contributed by atoms with van der Waals surface area (Å²) in [5.74, 6) is -2.09. The molecule has 0 radical (unpaired) electrons. The number of carboxylic acid groups (broad SMARTS) is 2. The summed E-state index contributed by atoms with van der Waals surface area (Å²) in [4.78, 5) is 21.3. The molecule has 8 nitrogen and oxygen atoms in total. The number of carboxylic acids is 2. The standard InChI is InChI=1S/C9H5BrF2N2O2.C8H6N2O2/c10-6-1-4(8(15)16)2-7-5(6)3-13-14(7)9(11)12;11-8(12)5-1-2-7-6(3-5)4-9-10-7/h1-3,9H,(H,15,16);1-4H,(H,9,10)(H,11,12). The van der Waals surface area contributed by atoms with Gasteiger partial charge in [-0.1, -0.05) is 15.9 Å². The van der Waals surface area contributed by atoms with Crippen LogP contribution in [0.5, 0.6) is 0 Å². The fourth-order valence-corrected chi connectivity index (χ4v) is 3.01. The highest BCUT2D eigenvalue weighted by atomic mass is 79.9. The number of nitrogens with zero attached hydrogens (tertiary/aromatic N) is 3. The Hall–Kier alpha value is -3.34. The van der Waals surface area contributed by atoms with Gasteiger partial charge in [-0.25, -0.2) is 14.3 Å². The molecule has 4 rings (SSSR count). The van der Waals surface area contributed by atoms with Crippen LogP contribution in [0, 0.1) is 0 Å². The van der Waals surface area contributed by atoms with E-state index in [1.165, 1.54) is 18.3 Å². The van der Waals surface area contributed by atoms with Crippen LogP contribution in [0.2, 0.25) is 0 Å². The van der Waals surface area contributed by atoms with Crippen molar-refractivity contribution in [1.29, 1.82) is 0 Å². The molecule has 0 saturated heterocycles. The Morgan fingerprint density at radius 3 is 2.43 bits per heavy atom. The average molecular weight is 453 g/mol. The zero-order valence-corrected chi connectivity index (χ0v) is 15.4. The fourth-order valence-electron chi connectivity index (χ4n) is 2.46. The first kappa shape index (κ1) is 19.4. The molecule has 144 valence electrons. The van der Waals surface area contributed by atoms with E-state index >= 15 is 0 Å². The highest BCUT2D eigenvalue weighted by Gasteiger charge is 2.16. The summed E-state index contributed by atoms with van der Waals surface area (Å²) in [5, 5.41) is 28.7. The Morgan fingerprint density at radius 1 is 1.07 bits per heavy atom. The van der Waals surface area contributed by atoms with E-state index in [2.05, 4.69) is 31.2 Å². The van der Waals surface area contributed by atoms with Gasteiger partial charge in [-0.05, 0) is 30.3 Å². The van der Waals surface area contributed by atoms with Crippen LogP contribution in [0.15, 0.2) is 47.2 Å². The van der Waals surface area contributed by atoms with E-state index in [1.807, 2.05) is 0 Å². The maximum atomic E-state index is 12.5. The average Bonchev–Trinajstić information content (AvgIpc) is 3.28. The van der Waals surface area contributed by atoms with E-state index in [9.17, 15) is 18.4 Å². The molecule has 0 saturated carbocycles. The van der Waals surface area contributed by atoms with Gasteiger partial charge in [0.15, 0.2) is 0 Å². The Labute approximate surface area is 163 Å². The molecule has 4 aromatic rings. The number of rotatable bonds is 3. The van der Waals surface area contributed by atoms with Gasteiger partial charge < -0.3 is 10.2 Å². The molecular formula is C17H11BrF2N4O4. The molecule has 2 heterocycles. The second kappa shape index (κ2) is 7.72. The number of hydrogen-bond acceptors (Lipinski definition) is 4. The third-order valence-corrected chi connectivity index (χ3v) is 4.44. The number of hydrogen-bond donors (Lipinski definition) is 3. The van der Waals surface area contributed by atoms with E-state index in [1.54, 1.807) is 24.4 Å². The van der Waals surface area contributed by atoms with Crippen molar-refractivity contribution in [3.8, 4) is 0 Å². The molecule has 0 aliphatic carbocycles. The molecule has 0 atom stereocenters. The molecule has 2 aromatic heterocycles. The maximum absolute atomic E-state index is 12.5. The Kier molecular flexibility index (Phi) is 5.36. The minimum atomic E-state index is -2.80. The molecule has 28 heavy (non-hydrogen) atoms. The Morgan fingerprint density at radius 2 is 1.79 bits per heavy atom. The molecule has 0 fully saturated rings. The lowest BCUT2D eigenvalue weighted by atomic mass is 10.2. The highest BCUT2D eigenvalue weighted by molar-refractivity contribution is 9.10. The number of H-pyrrole nitrogens is 1. The summed E-state index contributed by atoms with van der Waals surface area (Å²) in [7, 11) is 0. The molecule has 0 unspecified atom stereocenters. The highest BCUT2D eigenvalue weighted by Crippen LogP contribution is 2.28. The molecule has 0 spiro atoms. The number of aromatic carboxylic acids is 2. The Bertz CT molecular complexity index is 1190. The van der Waals surface area contributed by atoms with Crippen LogP contribution in [0.1, 0.15) is 27.3 Å². The lowest BCUT2D eigenvalue weighted by molar-refractivity contribution is 0.0611. The largest absolute Gasteiger partial charge is 0.478 e. The predicted molar refractivity (Wildman–Crippen MR) is 98.7 cm³/mol. The fraction of sp³-hybridized carbons (Fsp3) is 0.0588. The van der Waals surface area contributed by atoms with Crippen LogP contribution in [-0.4, -0.2) is 42.1 Å². The molecule has 0 amide bonds. The van der Waals surface area contributed by atoms with E-state index in [0.29, 0.717) is 14.5 Å². The number of fused-ring (bicyclic) bond motifs is 2. The molecule has 11 heteroatoms. The van der Waals surface area contributed by atoms with E-state index < -0.39 is 18.5 Å². The molecule has 0 aliphatic rings. The number of benzene rings is 2. The van der Waals surface area contributed by atoms with Crippen molar-refractivity contribution in [2.75, 3.05) is 0 Å². The summed E-state index contributed by atoms with van der Waals surface area (Å²) >= 11 is 3.12. The predicted octanol–water partition coefficient (Wildman–Crippen LogP) is 4.15. The second-order valence-corrected chi connectivity index (χ2v) is 6.39. The van der Waals surface area contributed by atoms with Crippen molar-refractivity contribution in [2.24, 2.45) is 0 Å². The molecule has 3 N–H and O–H groups in total. The summed E-state index contributed by atoms with van der Waals surface area (Å²) in [5.41, 5.74) is 1.15. The normalized spacial score (nSPS) is 10.9. The van der Waals surface area contributed by atoms with E-state index in [0.717, 1.165) is 10.9 Å². The van der Waals surface area contributed by atoms with Crippen molar-refractivity contribution in [1.82, 2.24) is 20.0 Å². The summed E-state index contributed by atoms with van der Waals surface area (Å²) in [6, 6.07) is 7.35. The van der Waals surface area contributed by atoms with Crippen molar-refractivity contribution < 1.29 is 28.6 Å². The summed E-state index contributed by atoms with van der Waals surface area (Å²) < 4.78 is 26.0. The van der Waals surface area contributed by atoms with Crippen molar-refractivity contribution in [3.05, 3.63) is 58.3 Å². The topological polar surface area (TPSA) is 121 Å². The van der Waals surface area contributed by atoms with E-state index in [-0.39, 0.29) is 16.6 Å². The van der Waals surface area contributed by atoms with Gasteiger partial charge in [0, 0.05) is 15.2 Å². The molecule has 0 bridgehead atoms. The van der Waals surface area contributed by atoms with Gasteiger partial charge in [0.2, 0.25) is 0 Å². The number of halogens is 3. The van der Waals surface area contributed by atoms with Crippen molar-refractivity contribution in [2.45, 2.75) is 6.55 Å². The zero-order valence-electron chi connectivity index (χ0n) is 13.8. The van der Waals surface area contributed by atoms with E-state index in [4.69, 9.17) is 10.2 Å². The quantitative estimate of drug-likeness (QED) is 0.429. The van der Waals surface area contributed by atoms with Crippen molar-refractivity contribution in [3.63, 3.8) is 0 Å². The maximum Gasteiger partial charge on any atom is 0.335 e. The SMILES string of the molecule is O=C(O)c1cc(Br)c2cnn(C(F)F)c2c1.O=C(O)c1ccc2[nH]ncc2c1. The van der Waals surface area contributed by atoms with Crippen LogP contribution < -0.4 is 0 Å². The summed E-state index contributed by atoms with van der Waals surface area (Å²) in [6.07, 6.45) is 2.86. The van der Waals surface area contributed by atoms with Gasteiger partial charge >= 0.3 is 18.5 Å². The van der Waals surface area contributed by atoms with Gasteiger partial charge in [0.05, 0.1) is 34.6 Å². The third-order valence-electron chi connectivity index (χ3n) is 3.78. The van der Waals surface area contributed by atoms with Gasteiger partial charge in [-0.2, -0.15) is 19.0 Å². The first-order valence-electron chi connectivity index (χ1n) is 7.62. The van der Waals surface area contributed by atoms with Crippen LogP contribution in [0.25, 0.3) is 21.8 Å². The Balaban J connectivity index is 0.000000167. The molecule has 0 aliphatic heterocycles. The van der Waals surface area contributed by atoms with Crippen LogP contribution >= 0.6 is 15.9 Å². The van der Waals surface area contributed by atoms with Crippen molar-refractivity contribution >= 4 is 49.7 Å². The number of aromatic nitrogens is 4.